The van der Waals surface area contributed by atoms with E-state index in [-0.39, 0.29) is 38.1 Å². The van der Waals surface area contributed by atoms with Gasteiger partial charge in [0, 0.05) is 24.2 Å². The normalized spacial score (nSPS) is 18.2. The molecule has 1 fully saturated rings. The first-order chi connectivity index (χ1) is 15.0. The van der Waals surface area contributed by atoms with E-state index in [1.54, 1.807) is 23.1 Å². The summed E-state index contributed by atoms with van der Waals surface area (Å²) in [7, 11) is 0. The second kappa shape index (κ2) is 8.79. The minimum Gasteiger partial charge on any atom is -0.457 e. The summed E-state index contributed by atoms with van der Waals surface area (Å²) in [6, 6.07) is 12.6. The zero-order valence-electron chi connectivity index (χ0n) is 17.6. The number of hydrogen-bond donors (Lipinski definition) is 0. The van der Waals surface area contributed by atoms with Crippen LogP contribution in [0, 0.1) is 5.92 Å². The molecule has 162 valence electrons. The fraction of sp³-hybridized carbons (Fsp3) is 0.375. The van der Waals surface area contributed by atoms with Crippen LogP contribution in [0.4, 0.5) is 5.69 Å². The van der Waals surface area contributed by atoms with Crippen LogP contribution in [0.3, 0.4) is 0 Å². The first-order valence-electron chi connectivity index (χ1n) is 10.5. The van der Waals surface area contributed by atoms with Crippen LogP contribution >= 0.6 is 0 Å². The fourth-order valence-corrected chi connectivity index (χ4v) is 3.88. The van der Waals surface area contributed by atoms with Crippen LogP contribution in [0.5, 0.6) is 11.5 Å². The Hall–Kier alpha value is -3.35. The molecule has 2 aliphatic heterocycles. The number of Topliss-reactive ketones (excluding diaryl/α,β-unsaturated/α-hetero) is 1. The van der Waals surface area contributed by atoms with Crippen LogP contribution in [-0.2, 0) is 14.3 Å². The van der Waals surface area contributed by atoms with E-state index in [4.69, 9.17) is 14.2 Å². The summed E-state index contributed by atoms with van der Waals surface area (Å²) in [5, 5.41) is 0. The molecule has 0 bridgehead atoms. The summed E-state index contributed by atoms with van der Waals surface area (Å²) in [5.74, 6) is -0.206. The van der Waals surface area contributed by atoms with Gasteiger partial charge in [-0.15, -0.1) is 0 Å². The maximum Gasteiger partial charge on any atom is 0.311 e. The van der Waals surface area contributed by atoms with Crippen molar-refractivity contribution in [3.05, 3.63) is 53.6 Å². The number of ketones is 1. The monoisotopic (exact) mass is 423 g/mol. The Morgan fingerprint density at radius 3 is 2.74 bits per heavy atom. The van der Waals surface area contributed by atoms with Crippen LogP contribution < -0.4 is 14.4 Å². The highest BCUT2D eigenvalue weighted by Crippen LogP contribution is 2.34. The summed E-state index contributed by atoms with van der Waals surface area (Å²) < 4.78 is 15.8. The zero-order chi connectivity index (χ0) is 22.0. The number of carbonyl (C=O) groups is 3. The lowest BCUT2D eigenvalue weighted by atomic mass is 9.96. The van der Waals surface area contributed by atoms with Gasteiger partial charge in [-0.2, -0.15) is 0 Å². The number of benzene rings is 2. The highest BCUT2D eigenvalue weighted by atomic mass is 16.7. The highest BCUT2D eigenvalue weighted by Gasteiger charge is 2.37. The molecule has 2 atom stereocenters. The first-order valence-corrected chi connectivity index (χ1v) is 10.5. The van der Waals surface area contributed by atoms with Crippen LogP contribution in [0.15, 0.2) is 42.5 Å². The zero-order valence-corrected chi connectivity index (χ0v) is 17.6. The van der Waals surface area contributed by atoms with Crippen molar-refractivity contribution in [3.63, 3.8) is 0 Å². The minimum atomic E-state index is -0.595. The molecular weight excluding hydrogens is 398 g/mol. The van der Waals surface area contributed by atoms with Gasteiger partial charge in [-0.05, 0) is 42.2 Å². The van der Waals surface area contributed by atoms with Crippen molar-refractivity contribution in [1.29, 1.82) is 0 Å². The number of esters is 1. The van der Waals surface area contributed by atoms with Crippen molar-refractivity contribution < 1.29 is 28.6 Å². The molecule has 0 spiro atoms. The Morgan fingerprint density at radius 2 is 1.94 bits per heavy atom. The third-order valence-corrected chi connectivity index (χ3v) is 5.87. The van der Waals surface area contributed by atoms with Gasteiger partial charge in [-0.1, -0.05) is 32.0 Å². The summed E-state index contributed by atoms with van der Waals surface area (Å²) in [6.07, 6.45) is 1.03. The van der Waals surface area contributed by atoms with Gasteiger partial charge in [0.2, 0.25) is 12.7 Å². The molecule has 2 heterocycles. The average Bonchev–Trinajstić information content (AvgIpc) is 3.42. The molecule has 0 N–H and O–H groups in total. The number of ether oxygens (including phenoxy) is 3. The second-order valence-electron chi connectivity index (χ2n) is 7.87. The highest BCUT2D eigenvalue weighted by molar-refractivity contribution is 6.01. The Morgan fingerprint density at radius 1 is 1.16 bits per heavy atom. The summed E-state index contributed by atoms with van der Waals surface area (Å²) >= 11 is 0. The van der Waals surface area contributed by atoms with Crippen LogP contribution in [0.1, 0.15) is 48.5 Å². The number of nitrogens with zero attached hydrogens (tertiary/aromatic N) is 1. The Bertz CT molecular complexity index is 1020. The summed E-state index contributed by atoms with van der Waals surface area (Å²) in [4.78, 5) is 39.3. The quantitative estimate of drug-likeness (QED) is 0.499. The van der Waals surface area contributed by atoms with Gasteiger partial charge in [0.15, 0.2) is 23.9 Å². The van der Waals surface area contributed by atoms with Crippen molar-refractivity contribution >= 4 is 23.3 Å². The largest absolute Gasteiger partial charge is 0.457 e. The van der Waals surface area contributed by atoms with Gasteiger partial charge >= 0.3 is 5.97 Å². The van der Waals surface area contributed by atoms with Crippen molar-refractivity contribution in [3.8, 4) is 11.5 Å². The van der Waals surface area contributed by atoms with Crippen molar-refractivity contribution in [2.45, 2.75) is 32.6 Å². The molecule has 0 aliphatic carbocycles. The number of rotatable bonds is 7. The van der Waals surface area contributed by atoms with Gasteiger partial charge in [0.25, 0.3) is 0 Å². The van der Waals surface area contributed by atoms with Gasteiger partial charge in [-0.3, -0.25) is 14.4 Å². The van der Waals surface area contributed by atoms with Gasteiger partial charge < -0.3 is 19.1 Å². The Balaban J connectivity index is 1.38. The van der Waals surface area contributed by atoms with Gasteiger partial charge in [-0.25, -0.2) is 0 Å². The predicted octanol–water partition coefficient (Wildman–Crippen LogP) is 3.71. The smallest absolute Gasteiger partial charge is 0.311 e. The lowest BCUT2D eigenvalue weighted by molar-refractivity contribution is -0.147. The molecule has 2 aliphatic rings. The van der Waals surface area contributed by atoms with E-state index in [0.717, 1.165) is 17.7 Å². The molecule has 0 saturated carbocycles. The van der Waals surface area contributed by atoms with E-state index in [9.17, 15) is 14.4 Å². The van der Waals surface area contributed by atoms with Crippen molar-refractivity contribution in [2.75, 3.05) is 24.8 Å². The number of amides is 1. The number of carbonyl (C=O) groups excluding carboxylic acids is 3. The van der Waals surface area contributed by atoms with Crippen molar-refractivity contribution in [1.82, 2.24) is 0 Å². The van der Waals surface area contributed by atoms with E-state index in [1.807, 2.05) is 24.3 Å². The van der Waals surface area contributed by atoms with Crippen molar-refractivity contribution in [2.24, 2.45) is 5.92 Å². The molecule has 7 nitrogen and oxygen atoms in total. The lowest BCUT2D eigenvalue weighted by Crippen LogP contribution is -2.28. The fourth-order valence-electron chi connectivity index (χ4n) is 3.88. The minimum absolute atomic E-state index is 0.0753. The molecule has 2 aromatic carbocycles. The maximum atomic E-state index is 12.6. The van der Waals surface area contributed by atoms with Crippen LogP contribution in [0.2, 0.25) is 0 Å². The number of hydrogen-bond acceptors (Lipinski definition) is 6. The second-order valence-corrected chi connectivity index (χ2v) is 7.87. The van der Waals surface area contributed by atoms with Gasteiger partial charge in [0.05, 0.1) is 5.92 Å². The molecule has 0 unspecified atom stereocenters. The van der Waals surface area contributed by atoms with E-state index < -0.39 is 11.9 Å². The molecule has 0 aromatic heterocycles. The number of fused-ring (bicyclic) bond motifs is 1. The average molecular weight is 423 g/mol. The predicted molar refractivity (Wildman–Crippen MR) is 113 cm³/mol. The van der Waals surface area contributed by atoms with E-state index in [1.165, 1.54) is 0 Å². The molecular formula is C24H25NO6. The topological polar surface area (TPSA) is 82.1 Å². The van der Waals surface area contributed by atoms with E-state index in [0.29, 0.717) is 23.0 Å². The maximum absolute atomic E-state index is 12.6. The Labute approximate surface area is 180 Å². The summed E-state index contributed by atoms with van der Waals surface area (Å²) in [5.41, 5.74) is 2.31. The molecule has 7 heteroatoms. The van der Waals surface area contributed by atoms with E-state index in [2.05, 4.69) is 13.8 Å². The molecule has 0 radical (unpaired) electrons. The molecule has 2 aromatic rings. The third-order valence-electron chi connectivity index (χ3n) is 5.87. The number of anilines is 1. The lowest BCUT2D eigenvalue weighted by Gasteiger charge is -2.23. The molecule has 1 saturated heterocycles. The first kappa shape index (κ1) is 20.9. The van der Waals surface area contributed by atoms with E-state index >= 15 is 0 Å². The van der Waals surface area contributed by atoms with Crippen LogP contribution in [-0.4, -0.2) is 37.6 Å². The standard InChI is InChI=1S/C24H25NO6/c1-3-15(2)18-6-4-5-7-19(18)25-12-17(11-23(25)27)24(28)29-13-20(26)16-8-9-21-22(10-16)31-14-30-21/h4-10,15,17H,3,11-14H2,1-2H3/t15-,17-/m0/s1. The molecule has 1 amide bonds. The summed E-state index contributed by atoms with van der Waals surface area (Å²) in [6.45, 7) is 4.21. The third kappa shape index (κ3) is 4.26. The molecule has 31 heavy (non-hydrogen) atoms. The molecule has 4 rings (SSSR count). The van der Waals surface area contributed by atoms with Crippen LogP contribution in [0.25, 0.3) is 0 Å². The van der Waals surface area contributed by atoms with Gasteiger partial charge in [0.1, 0.15) is 0 Å². The Kier molecular flexibility index (Phi) is 5.93. The SMILES string of the molecule is CC[C@H](C)c1ccccc1N1C[C@@H](C(=O)OCC(=O)c2ccc3c(c2)OCO3)CC1=O. The number of para-hydroxylation sites is 1.